The molecule has 0 atom stereocenters. The number of benzene rings is 2. The van der Waals surface area contributed by atoms with Gasteiger partial charge in [-0.1, -0.05) is 29.3 Å². The molecule has 4 rings (SSSR count). The van der Waals surface area contributed by atoms with E-state index in [9.17, 15) is 4.79 Å². The summed E-state index contributed by atoms with van der Waals surface area (Å²) >= 11 is 12.5. The minimum absolute atomic E-state index is 0.266. The molecule has 132 valence electrons. The van der Waals surface area contributed by atoms with Crippen molar-refractivity contribution in [1.82, 2.24) is 9.97 Å². The highest BCUT2D eigenvalue weighted by Crippen LogP contribution is 2.38. The van der Waals surface area contributed by atoms with E-state index in [4.69, 9.17) is 32.4 Å². The number of aromatic nitrogens is 2. The highest BCUT2D eigenvalue weighted by atomic mass is 35.5. The van der Waals surface area contributed by atoms with E-state index in [1.54, 1.807) is 12.1 Å². The molecular weight excluding hydrogens is 375 g/mol. The number of imidazole rings is 1. The van der Waals surface area contributed by atoms with Crippen molar-refractivity contribution < 1.29 is 9.15 Å². The van der Waals surface area contributed by atoms with Gasteiger partial charge in [-0.15, -0.1) is 0 Å². The van der Waals surface area contributed by atoms with E-state index in [0.717, 1.165) is 16.6 Å². The maximum absolute atomic E-state index is 12.6. The number of halogens is 2. The van der Waals surface area contributed by atoms with Gasteiger partial charge >= 0.3 is 5.63 Å². The lowest BCUT2D eigenvalue weighted by Gasteiger charge is -2.09. The van der Waals surface area contributed by atoms with Gasteiger partial charge in [0.25, 0.3) is 0 Å². The van der Waals surface area contributed by atoms with Crippen molar-refractivity contribution in [3.05, 3.63) is 56.4 Å². The first-order chi connectivity index (χ1) is 12.5. The van der Waals surface area contributed by atoms with Gasteiger partial charge in [-0.25, -0.2) is 9.78 Å². The van der Waals surface area contributed by atoms with Crippen LogP contribution in [0.2, 0.25) is 10.0 Å². The van der Waals surface area contributed by atoms with Gasteiger partial charge in [-0.3, -0.25) is 0 Å². The van der Waals surface area contributed by atoms with E-state index >= 15 is 0 Å². The molecule has 26 heavy (non-hydrogen) atoms. The zero-order chi connectivity index (χ0) is 18.4. The molecule has 0 aliphatic heterocycles. The van der Waals surface area contributed by atoms with E-state index < -0.39 is 5.63 Å². The van der Waals surface area contributed by atoms with Crippen molar-refractivity contribution in [2.45, 2.75) is 13.8 Å². The SMILES string of the molecule is CCOc1cc(Cl)c(Cl)c2cc(-c3nc4ccc(C)cc4[nH]3)c(=O)oc12. The molecular formula is C19H14Cl2N2O3. The van der Waals surface area contributed by atoms with Gasteiger partial charge < -0.3 is 14.1 Å². The number of hydrogen-bond donors (Lipinski definition) is 1. The normalized spacial score (nSPS) is 11.4. The minimum atomic E-state index is -0.535. The van der Waals surface area contributed by atoms with Gasteiger partial charge in [0.15, 0.2) is 11.3 Å². The Balaban J connectivity index is 1.99. The lowest BCUT2D eigenvalue weighted by molar-refractivity contribution is 0.337. The Kier molecular flexibility index (Phi) is 4.13. The first-order valence-corrected chi connectivity index (χ1v) is 8.79. The Morgan fingerprint density at radius 2 is 2.04 bits per heavy atom. The fourth-order valence-electron chi connectivity index (χ4n) is 2.87. The Labute approximate surface area is 158 Å². The molecule has 2 aromatic heterocycles. The maximum atomic E-state index is 12.6. The van der Waals surface area contributed by atoms with Crippen molar-refractivity contribution in [2.75, 3.05) is 6.61 Å². The van der Waals surface area contributed by atoms with E-state index in [1.165, 1.54) is 0 Å². The zero-order valence-corrected chi connectivity index (χ0v) is 15.5. The van der Waals surface area contributed by atoms with E-state index in [2.05, 4.69) is 9.97 Å². The van der Waals surface area contributed by atoms with Crippen LogP contribution >= 0.6 is 23.2 Å². The largest absolute Gasteiger partial charge is 0.490 e. The Morgan fingerprint density at radius 3 is 2.81 bits per heavy atom. The minimum Gasteiger partial charge on any atom is -0.490 e. The number of hydrogen-bond acceptors (Lipinski definition) is 4. The first kappa shape index (κ1) is 16.9. The molecule has 0 saturated carbocycles. The lowest BCUT2D eigenvalue weighted by Crippen LogP contribution is -2.05. The fraction of sp³-hybridized carbons (Fsp3) is 0.158. The van der Waals surface area contributed by atoms with Crippen LogP contribution in [0.5, 0.6) is 5.75 Å². The van der Waals surface area contributed by atoms with Crippen LogP contribution in [0, 0.1) is 6.92 Å². The molecule has 2 heterocycles. The van der Waals surface area contributed by atoms with Crippen LogP contribution in [0.3, 0.4) is 0 Å². The Bertz CT molecular complexity index is 1210. The van der Waals surface area contributed by atoms with Gasteiger partial charge in [0, 0.05) is 11.5 Å². The summed E-state index contributed by atoms with van der Waals surface area (Å²) in [6, 6.07) is 8.99. The Morgan fingerprint density at radius 1 is 1.23 bits per heavy atom. The number of H-pyrrole nitrogens is 1. The fourth-order valence-corrected chi connectivity index (χ4v) is 3.26. The highest BCUT2D eigenvalue weighted by Gasteiger charge is 2.18. The lowest BCUT2D eigenvalue weighted by atomic mass is 10.1. The van der Waals surface area contributed by atoms with Gasteiger partial charge in [-0.05, 0) is 37.6 Å². The number of nitrogens with zero attached hydrogens (tertiary/aromatic N) is 1. The van der Waals surface area contributed by atoms with Gasteiger partial charge in [0.05, 0.1) is 27.7 Å². The van der Waals surface area contributed by atoms with Crippen molar-refractivity contribution in [3.63, 3.8) is 0 Å². The Hall–Kier alpha value is -2.50. The molecule has 4 aromatic rings. The van der Waals surface area contributed by atoms with Gasteiger partial charge in [-0.2, -0.15) is 0 Å². The summed E-state index contributed by atoms with van der Waals surface area (Å²) in [7, 11) is 0. The predicted molar refractivity (Wildman–Crippen MR) is 103 cm³/mol. The molecule has 1 N–H and O–H groups in total. The standard InChI is InChI=1S/C19H14Cl2N2O3/c1-3-25-15-8-12(20)16(21)10-7-11(19(24)26-17(10)15)18-22-13-5-4-9(2)6-14(13)23-18/h4-8H,3H2,1-2H3,(H,22,23). The third-order valence-corrected chi connectivity index (χ3v) is 4.87. The summed E-state index contributed by atoms with van der Waals surface area (Å²) in [5.41, 5.74) is 2.70. The van der Waals surface area contributed by atoms with E-state index in [0.29, 0.717) is 33.6 Å². The number of ether oxygens (including phenoxy) is 1. The molecule has 0 fully saturated rings. The van der Waals surface area contributed by atoms with Crippen LogP contribution in [0.15, 0.2) is 39.5 Å². The number of aromatic amines is 1. The molecule has 7 heteroatoms. The quantitative estimate of drug-likeness (QED) is 0.480. The molecule has 5 nitrogen and oxygen atoms in total. The molecule has 2 aromatic carbocycles. The van der Waals surface area contributed by atoms with Crippen molar-refractivity contribution in [2.24, 2.45) is 0 Å². The molecule has 0 aliphatic rings. The average Bonchev–Trinajstić information content (AvgIpc) is 3.02. The first-order valence-electron chi connectivity index (χ1n) is 8.03. The molecule has 0 saturated heterocycles. The molecule has 0 aliphatic carbocycles. The van der Waals surface area contributed by atoms with Gasteiger partial charge in [0.2, 0.25) is 0 Å². The van der Waals surface area contributed by atoms with Crippen LogP contribution in [0.25, 0.3) is 33.4 Å². The van der Waals surface area contributed by atoms with Crippen molar-refractivity contribution >= 4 is 45.2 Å². The summed E-state index contributed by atoms with van der Waals surface area (Å²) in [4.78, 5) is 20.2. The third kappa shape index (κ3) is 2.73. The smallest absolute Gasteiger partial charge is 0.347 e. The number of rotatable bonds is 3. The summed E-state index contributed by atoms with van der Waals surface area (Å²) < 4.78 is 11.0. The third-order valence-electron chi connectivity index (χ3n) is 4.07. The second-order valence-corrected chi connectivity index (χ2v) is 6.69. The van der Waals surface area contributed by atoms with Crippen LogP contribution in [-0.4, -0.2) is 16.6 Å². The molecule has 0 amide bonds. The second-order valence-electron chi connectivity index (χ2n) is 5.90. The summed E-state index contributed by atoms with van der Waals surface area (Å²) in [5.74, 6) is 0.788. The molecule has 0 radical (unpaired) electrons. The van der Waals surface area contributed by atoms with E-state index in [-0.39, 0.29) is 11.1 Å². The van der Waals surface area contributed by atoms with Crippen LogP contribution < -0.4 is 10.4 Å². The maximum Gasteiger partial charge on any atom is 0.347 e. The van der Waals surface area contributed by atoms with Crippen molar-refractivity contribution in [3.8, 4) is 17.1 Å². The van der Waals surface area contributed by atoms with Crippen LogP contribution in [-0.2, 0) is 0 Å². The topological polar surface area (TPSA) is 68.1 Å². The number of nitrogens with one attached hydrogen (secondary N) is 1. The van der Waals surface area contributed by atoms with E-state index in [1.807, 2.05) is 32.0 Å². The van der Waals surface area contributed by atoms with Gasteiger partial charge in [0.1, 0.15) is 11.4 Å². The summed E-state index contributed by atoms with van der Waals surface area (Å²) in [6.07, 6.45) is 0. The summed E-state index contributed by atoms with van der Waals surface area (Å²) in [6.45, 7) is 4.22. The average molecular weight is 389 g/mol. The monoisotopic (exact) mass is 388 g/mol. The molecule has 0 spiro atoms. The highest BCUT2D eigenvalue weighted by molar-refractivity contribution is 6.45. The second kappa shape index (κ2) is 6.34. The summed E-state index contributed by atoms with van der Waals surface area (Å²) in [5, 5.41) is 1.11. The zero-order valence-electron chi connectivity index (χ0n) is 14.0. The molecule has 0 unspecified atom stereocenters. The van der Waals surface area contributed by atoms with Crippen LogP contribution in [0.4, 0.5) is 0 Å². The van der Waals surface area contributed by atoms with Crippen molar-refractivity contribution in [1.29, 1.82) is 0 Å². The number of fused-ring (bicyclic) bond motifs is 2. The molecule has 0 bridgehead atoms. The predicted octanol–water partition coefficient (Wildman–Crippen LogP) is 5.35. The number of aryl methyl sites for hydroxylation is 1. The van der Waals surface area contributed by atoms with Crippen LogP contribution in [0.1, 0.15) is 12.5 Å².